The van der Waals surface area contributed by atoms with Crippen LogP contribution in [0.2, 0.25) is 0 Å². The number of aliphatic hydroxyl groups excluding tert-OH is 2. The highest BCUT2D eigenvalue weighted by Gasteiger charge is 2.60. The Morgan fingerprint density at radius 1 is 1.20 bits per heavy atom. The molecule has 1 amide bonds. The number of benzene rings is 1. The van der Waals surface area contributed by atoms with Crippen LogP contribution in [-0.4, -0.2) is 81.2 Å². The molecule has 0 unspecified atom stereocenters. The molecule has 1 aromatic rings. The summed E-state index contributed by atoms with van der Waals surface area (Å²) in [5, 5.41) is 45.3. The minimum atomic E-state index is -2.28. The highest BCUT2D eigenvalue weighted by molar-refractivity contribution is 6.13. The smallest absolute Gasteiger partial charge is 0.252 e. The summed E-state index contributed by atoms with van der Waals surface area (Å²) in [6.07, 6.45) is 4.78. The molecule has 10 heteroatoms. The number of primary amides is 1. The Morgan fingerprint density at radius 2 is 1.85 bits per heavy atom. The number of fused-ring (bicyclic) bond motifs is 3. The van der Waals surface area contributed by atoms with Crippen molar-refractivity contribution in [3.8, 4) is 5.75 Å². The molecule has 1 saturated carbocycles. The van der Waals surface area contributed by atoms with E-state index < -0.39 is 52.3 Å². The number of carbonyl (C=O) groups is 2. The second-order valence-electron chi connectivity index (χ2n) is 12.2. The zero-order valence-corrected chi connectivity index (χ0v) is 23.2. The van der Waals surface area contributed by atoms with Crippen molar-refractivity contribution in [3.05, 3.63) is 63.4 Å². The first-order valence-corrected chi connectivity index (χ1v) is 13.8. The molecule has 0 saturated heterocycles. The molecule has 4 aliphatic rings. The number of carbonyl (C=O) groups excluding carboxylic acids is 2. The van der Waals surface area contributed by atoms with Gasteiger partial charge in [-0.3, -0.25) is 14.5 Å². The number of ketones is 1. The van der Waals surface area contributed by atoms with Gasteiger partial charge in [-0.2, -0.15) is 0 Å². The van der Waals surface area contributed by atoms with E-state index in [9.17, 15) is 30.0 Å². The fourth-order valence-corrected chi connectivity index (χ4v) is 7.62. The van der Waals surface area contributed by atoms with Crippen LogP contribution in [-0.2, 0) is 17.8 Å². The number of phenolic OH excluding ortho intramolecular Hbond substituents is 1. The van der Waals surface area contributed by atoms with E-state index in [0.717, 1.165) is 19.4 Å². The number of phenols is 1. The number of halogens is 1. The molecule has 216 valence electrons. The van der Waals surface area contributed by atoms with E-state index in [1.807, 2.05) is 11.9 Å². The van der Waals surface area contributed by atoms with Gasteiger partial charge in [0.2, 0.25) is 0 Å². The van der Waals surface area contributed by atoms with Gasteiger partial charge in [-0.25, -0.2) is 4.39 Å². The zero-order chi connectivity index (χ0) is 29.3. The molecule has 6 N–H and O–H groups in total. The van der Waals surface area contributed by atoms with E-state index in [4.69, 9.17) is 5.73 Å². The van der Waals surface area contributed by atoms with Crippen LogP contribution in [0.4, 0.5) is 4.39 Å². The molecule has 0 spiro atoms. The predicted octanol–water partition coefficient (Wildman–Crippen LogP) is 2.87. The monoisotopic (exact) mass is 555 g/mol. The third kappa shape index (κ3) is 4.15. The minimum Gasteiger partial charge on any atom is -0.510 e. The van der Waals surface area contributed by atoms with E-state index in [1.165, 1.54) is 18.9 Å². The maximum absolute atomic E-state index is 16.0. The predicted molar refractivity (Wildman–Crippen MR) is 146 cm³/mol. The summed E-state index contributed by atoms with van der Waals surface area (Å²) < 4.78 is 16.0. The minimum absolute atomic E-state index is 0.00635. The van der Waals surface area contributed by atoms with Crippen molar-refractivity contribution >= 4 is 11.7 Å². The lowest BCUT2D eigenvalue weighted by atomic mass is 9.57. The van der Waals surface area contributed by atoms with E-state index >= 15 is 4.39 Å². The van der Waals surface area contributed by atoms with Crippen LogP contribution in [0.25, 0.3) is 0 Å². The second-order valence-corrected chi connectivity index (χ2v) is 12.2. The van der Waals surface area contributed by atoms with Gasteiger partial charge in [0.25, 0.3) is 5.91 Å². The van der Waals surface area contributed by atoms with Gasteiger partial charge in [-0.15, -0.1) is 0 Å². The number of nitrogens with two attached hydrogens (primary N) is 1. The lowest BCUT2D eigenvalue weighted by Crippen LogP contribution is -2.60. The molecule has 40 heavy (non-hydrogen) atoms. The lowest BCUT2D eigenvalue weighted by Gasteiger charge is -2.52. The van der Waals surface area contributed by atoms with Crippen molar-refractivity contribution < 1.29 is 34.4 Å². The summed E-state index contributed by atoms with van der Waals surface area (Å²) in [5.74, 6) is -4.93. The van der Waals surface area contributed by atoms with Crippen LogP contribution < -0.4 is 5.73 Å². The van der Waals surface area contributed by atoms with Crippen molar-refractivity contribution in [1.29, 1.82) is 0 Å². The van der Waals surface area contributed by atoms with Gasteiger partial charge < -0.3 is 31.1 Å². The average molecular weight is 556 g/mol. The molecule has 1 aromatic carbocycles. The Labute approximate surface area is 233 Å². The summed E-state index contributed by atoms with van der Waals surface area (Å²) in [6, 6.07) is 0.329. The highest BCUT2D eigenvalue weighted by Crippen LogP contribution is 2.55. The number of hydrogen-bond acceptors (Lipinski definition) is 8. The Kier molecular flexibility index (Phi) is 7.09. The van der Waals surface area contributed by atoms with Gasteiger partial charge in [0.15, 0.2) is 11.4 Å². The third-order valence-corrected chi connectivity index (χ3v) is 9.40. The van der Waals surface area contributed by atoms with Crippen LogP contribution in [0.5, 0.6) is 5.75 Å². The van der Waals surface area contributed by atoms with Crippen molar-refractivity contribution in [2.24, 2.45) is 23.5 Å². The molecular weight excluding hydrogens is 517 g/mol. The average Bonchev–Trinajstić information content (AvgIpc) is 3.36. The molecule has 0 heterocycles. The number of nitrogens with zero attached hydrogens (tertiary/aromatic N) is 2. The topological polar surface area (TPSA) is 148 Å². The molecule has 0 aliphatic heterocycles. The Hall–Kier alpha value is -3.21. The first-order valence-electron chi connectivity index (χ1n) is 13.8. The maximum Gasteiger partial charge on any atom is 0.252 e. The van der Waals surface area contributed by atoms with Crippen molar-refractivity contribution in [1.82, 2.24) is 9.80 Å². The summed E-state index contributed by atoms with van der Waals surface area (Å²) >= 11 is 0. The van der Waals surface area contributed by atoms with Gasteiger partial charge in [0, 0.05) is 41.3 Å². The first-order chi connectivity index (χ1) is 18.8. The van der Waals surface area contributed by atoms with Crippen LogP contribution in [0.3, 0.4) is 0 Å². The number of aromatic hydroxyl groups is 1. The summed E-state index contributed by atoms with van der Waals surface area (Å²) in [4.78, 5) is 29.6. The number of amides is 1. The molecule has 5 rings (SSSR count). The van der Waals surface area contributed by atoms with Crippen LogP contribution in [0.15, 0.2) is 40.9 Å². The molecular formula is C30H38FN3O6. The van der Waals surface area contributed by atoms with Gasteiger partial charge in [-0.1, -0.05) is 19.4 Å². The quantitative estimate of drug-likeness (QED) is 0.360. The van der Waals surface area contributed by atoms with Crippen molar-refractivity contribution in [2.75, 3.05) is 27.7 Å². The molecule has 9 nitrogen and oxygen atoms in total. The van der Waals surface area contributed by atoms with E-state index in [1.54, 1.807) is 19.0 Å². The van der Waals surface area contributed by atoms with Gasteiger partial charge in [0.1, 0.15) is 23.1 Å². The number of rotatable bonds is 6. The normalized spacial score (nSPS) is 28.8. The third-order valence-electron chi connectivity index (χ3n) is 9.40. The fraction of sp³-hybridized carbons (Fsp3) is 0.533. The van der Waals surface area contributed by atoms with Crippen molar-refractivity contribution in [3.63, 3.8) is 0 Å². The number of Topliss-reactive ketones (excluding diaryl/α,β-unsaturated/α-hetero) is 1. The molecule has 4 aliphatic carbocycles. The standard InChI is InChI=1S/C30H38FN3O6/c1-14-21(29(32)39)27(37)25(33(2)3)19-10-16-9-18-23(26(36)22(16)28(38)30(14,19)40)20(35)11-17(24(18)31)13-34(4)12-15-7-5-6-8-15/h11,15-16,19,25,35,37-38,40H,1,5-10,12-13H2,2-4H3,(H2,32,39)/t16-,19-,25-,30-/m0/s1. The SMILES string of the molecule is C=C1C(C(N)=O)=C(O)[C@@H](N(C)C)[C@@H]2C[C@@H]3Cc4c(F)c(CN(C)CC5CCCC5)cc(O)c4C(=O)C3=C(O)[C@]12O. The molecule has 0 radical (unpaired) electrons. The summed E-state index contributed by atoms with van der Waals surface area (Å²) in [5.41, 5.74) is 2.48. The highest BCUT2D eigenvalue weighted by atomic mass is 19.1. The van der Waals surface area contributed by atoms with Crippen LogP contribution in [0, 0.1) is 23.6 Å². The number of aliphatic hydroxyl groups is 3. The molecule has 0 aromatic heterocycles. The van der Waals surface area contributed by atoms with Gasteiger partial charge in [0.05, 0.1) is 17.2 Å². The Balaban J connectivity index is 1.56. The Morgan fingerprint density at radius 3 is 2.45 bits per heavy atom. The number of likely N-dealkylation sites (N-methyl/N-ethyl adjacent to an activating group) is 1. The fourth-order valence-electron chi connectivity index (χ4n) is 7.62. The van der Waals surface area contributed by atoms with E-state index in [-0.39, 0.29) is 58.7 Å². The first kappa shape index (κ1) is 28.3. The largest absolute Gasteiger partial charge is 0.510 e. The molecule has 1 fully saturated rings. The van der Waals surface area contributed by atoms with Crippen LogP contribution in [0.1, 0.15) is 53.6 Å². The second kappa shape index (κ2) is 10.0. The number of allylic oxidation sites excluding steroid dienone is 1. The zero-order valence-electron chi connectivity index (χ0n) is 23.2. The van der Waals surface area contributed by atoms with Gasteiger partial charge in [-0.05, 0) is 64.7 Å². The van der Waals surface area contributed by atoms with Crippen molar-refractivity contribution in [2.45, 2.75) is 56.7 Å². The molecule has 0 bridgehead atoms. The lowest BCUT2D eigenvalue weighted by molar-refractivity contribution is -0.115. The summed E-state index contributed by atoms with van der Waals surface area (Å²) in [7, 11) is 5.19. The van der Waals surface area contributed by atoms with E-state index in [0.29, 0.717) is 5.92 Å². The van der Waals surface area contributed by atoms with Crippen LogP contribution >= 0.6 is 0 Å². The maximum atomic E-state index is 16.0. The molecule has 4 atom stereocenters. The summed E-state index contributed by atoms with van der Waals surface area (Å²) in [6.45, 7) is 4.87. The number of hydrogen-bond donors (Lipinski definition) is 5. The Bertz CT molecular complexity index is 1360. The van der Waals surface area contributed by atoms with Gasteiger partial charge >= 0.3 is 0 Å². The van der Waals surface area contributed by atoms with E-state index in [2.05, 4.69) is 6.58 Å².